The highest BCUT2D eigenvalue weighted by Crippen LogP contribution is 2.20. The molecule has 1 aromatic rings. The van der Waals surface area contributed by atoms with E-state index in [2.05, 4.69) is 5.32 Å². The Labute approximate surface area is 103 Å². The second-order valence-corrected chi connectivity index (χ2v) is 3.85. The van der Waals surface area contributed by atoms with Crippen LogP contribution in [0, 0.1) is 5.92 Å². The van der Waals surface area contributed by atoms with E-state index in [-0.39, 0.29) is 12.4 Å². The van der Waals surface area contributed by atoms with E-state index in [1.165, 1.54) is 6.42 Å². The molecule has 1 unspecified atom stereocenters. The fraction of sp³-hybridized carbons (Fsp3) is 0.500. The lowest BCUT2D eigenvalue weighted by molar-refractivity contribution is 0.259. The number of hydrogen-bond donors (Lipinski definition) is 1. The highest BCUT2D eigenvalue weighted by molar-refractivity contribution is 5.85. The number of benzene rings is 1. The number of rotatable bonds is 4. The molecular weight excluding hydrogens is 226 g/mol. The third kappa shape index (κ3) is 3.58. The van der Waals surface area contributed by atoms with Crippen LogP contribution in [0.25, 0.3) is 0 Å². The summed E-state index contributed by atoms with van der Waals surface area (Å²) in [5.41, 5.74) is 0. The first kappa shape index (κ1) is 13.1. The zero-order chi connectivity index (χ0) is 10.5. The van der Waals surface area contributed by atoms with E-state index in [1.807, 2.05) is 24.3 Å². The molecule has 3 nitrogen and oxygen atoms in total. The Bertz CT molecular complexity index is 314. The number of ether oxygens (including phenoxy) is 2. The molecule has 90 valence electrons. The maximum absolute atomic E-state index is 5.71. The standard InChI is InChI=1S/C12H17NO2.ClH/c1-14-11-3-2-4-12(7-11)15-9-10-5-6-13-8-10;/h2-4,7,10,13H,5-6,8-9H2,1H3;1H. The lowest BCUT2D eigenvalue weighted by Crippen LogP contribution is -2.15. The number of nitrogens with one attached hydrogen (secondary N) is 1. The molecule has 0 saturated carbocycles. The molecule has 1 fully saturated rings. The molecule has 1 atom stereocenters. The maximum atomic E-state index is 5.71. The predicted octanol–water partition coefficient (Wildman–Crippen LogP) is 2.11. The van der Waals surface area contributed by atoms with Crippen molar-refractivity contribution in [1.82, 2.24) is 5.32 Å². The van der Waals surface area contributed by atoms with Gasteiger partial charge in [-0.3, -0.25) is 0 Å². The van der Waals surface area contributed by atoms with Crippen molar-refractivity contribution < 1.29 is 9.47 Å². The van der Waals surface area contributed by atoms with E-state index in [9.17, 15) is 0 Å². The molecule has 0 aromatic heterocycles. The third-order valence-electron chi connectivity index (χ3n) is 2.69. The second kappa shape index (κ2) is 6.61. The van der Waals surface area contributed by atoms with Gasteiger partial charge in [0.15, 0.2) is 0 Å². The average Bonchev–Trinajstić information content (AvgIpc) is 2.79. The molecule has 16 heavy (non-hydrogen) atoms. The molecule has 1 saturated heterocycles. The zero-order valence-corrected chi connectivity index (χ0v) is 10.3. The van der Waals surface area contributed by atoms with Crippen molar-refractivity contribution >= 4 is 12.4 Å². The van der Waals surface area contributed by atoms with Gasteiger partial charge in [-0.25, -0.2) is 0 Å². The monoisotopic (exact) mass is 243 g/mol. The van der Waals surface area contributed by atoms with Gasteiger partial charge in [-0.15, -0.1) is 12.4 Å². The molecule has 1 aliphatic rings. The summed E-state index contributed by atoms with van der Waals surface area (Å²) in [6.07, 6.45) is 1.21. The van der Waals surface area contributed by atoms with Crippen LogP contribution in [0.15, 0.2) is 24.3 Å². The van der Waals surface area contributed by atoms with Gasteiger partial charge in [0.1, 0.15) is 11.5 Å². The summed E-state index contributed by atoms with van der Waals surface area (Å²) in [5, 5.41) is 3.33. The molecule has 1 aliphatic heterocycles. The lowest BCUT2D eigenvalue weighted by Gasteiger charge is -2.11. The van der Waals surface area contributed by atoms with E-state index in [1.54, 1.807) is 7.11 Å². The van der Waals surface area contributed by atoms with E-state index >= 15 is 0 Å². The van der Waals surface area contributed by atoms with Gasteiger partial charge in [-0.2, -0.15) is 0 Å². The van der Waals surface area contributed by atoms with E-state index in [0.29, 0.717) is 5.92 Å². The van der Waals surface area contributed by atoms with E-state index < -0.39 is 0 Å². The van der Waals surface area contributed by atoms with Crippen LogP contribution in [0.5, 0.6) is 11.5 Å². The average molecular weight is 244 g/mol. The molecule has 4 heteroatoms. The number of methoxy groups -OCH3 is 1. The highest BCUT2D eigenvalue weighted by Gasteiger charge is 2.14. The molecular formula is C12H18ClNO2. The first-order valence-corrected chi connectivity index (χ1v) is 5.36. The van der Waals surface area contributed by atoms with Crippen LogP contribution in [0.2, 0.25) is 0 Å². The van der Waals surface area contributed by atoms with Gasteiger partial charge in [0, 0.05) is 18.5 Å². The summed E-state index contributed by atoms with van der Waals surface area (Å²) < 4.78 is 10.8. The Morgan fingerprint density at radius 3 is 2.88 bits per heavy atom. The summed E-state index contributed by atoms with van der Waals surface area (Å²) in [6, 6.07) is 7.75. The van der Waals surface area contributed by atoms with Gasteiger partial charge in [0.05, 0.1) is 13.7 Å². The van der Waals surface area contributed by atoms with Gasteiger partial charge in [0.2, 0.25) is 0 Å². The van der Waals surface area contributed by atoms with Gasteiger partial charge in [-0.1, -0.05) is 6.07 Å². The zero-order valence-electron chi connectivity index (χ0n) is 9.44. The highest BCUT2D eigenvalue weighted by atomic mass is 35.5. The first-order chi connectivity index (χ1) is 7.38. The van der Waals surface area contributed by atoms with Crippen LogP contribution in [-0.2, 0) is 0 Å². The minimum Gasteiger partial charge on any atom is -0.497 e. The molecule has 2 rings (SSSR count). The fourth-order valence-corrected chi connectivity index (χ4v) is 1.76. The van der Waals surface area contributed by atoms with Crippen LogP contribution >= 0.6 is 12.4 Å². The predicted molar refractivity (Wildman–Crippen MR) is 66.7 cm³/mol. The number of halogens is 1. The molecule has 0 spiro atoms. The molecule has 1 aromatic carbocycles. The Morgan fingerprint density at radius 1 is 1.38 bits per heavy atom. The Balaban J connectivity index is 0.00000128. The molecule has 0 bridgehead atoms. The van der Waals surface area contributed by atoms with Crippen molar-refractivity contribution in [2.24, 2.45) is 5.92 Å². The van der Waals surface area contributed by atoms with Crippen LogP contribution < -0.4 is 14.8 Å². The van der Waals surface area contributed by atoms with Crippen LogP contribution in [0.3, 0.4) is 0 Å². The van der Waals surface area contributed by atoms with Gasteiger partial charge in [-0.05, 0) is 25.1 Å². The summed E-state index contributed by atoms with van der Waals surface area (Å²) in [4.78, 5) is 0. The Kier molecular flexibility index (Phi) is 5.43. The maximum Gasteiger partial charge on any atom is 0.122 e. The second-order valence-electron chi connectivity index (χ2n) is 3.85. The molecule has 0 radical (unpaired) electrons. The third-order valence-corrected chi connectivity index (χ3v) is 2.69. The lowest BCUT2D eigenvalue weighted by atomic mass is 10.1. The van der Waals surface area contributed by atoms with Gasteiger partial charge >= 0.3 is 0 Å². The van der Waals surface area contributed by atoms with E-state index in [0.717, 1.165) is 31.2 Å². The van der Waals surface area contributed by atoms with Crippen molar-refractivity contribution in [2.45, 2.75) is 6.42 Å². The Hall–Kier alpha value is -0.930. The van der Waals surface area contributed by atoms with Crippen LogP contribution in [-0.4, -0.2) is 26.8 Å². The summed E-state index contributed by atoms with van der Waals surface area (Å²) in [7, 11) is 1.67. The fourth-order valence-electron chi connectivity index (χ4n) is 1.76. The van der Waals surface area contributed by atoms with E-state index in [4.69, 9.17) is 9.47 Å². The molecule has 0 aliphatic carbocycles. The number of hydrogen-bond acceptors (Lipinski definition) is 3. The van der Waals surface area contributed by atoms with Crippen LogP contribution in [0.1, 0.15) is 6.42 Å². The summed E-state index contributed by atoms with van der Waals surface area (Å²) in [6.45, 7) is 2.98. The molecule has 0 amide bonds. The summed E-state index contributed by atoms with van der Waals surface area (Å²) in [5.74, 6) is 2.38. The minimum absolute atomic E-state index is 0. The molecule has 1 N–H and O–H groups in total. The topological polar surface area (TPSA) is 30.5 Å². The largest absolute Gasteiger partial charge is 0.497 e. The minimum atomic E-state index is 0. The van der Waals surface area contributed by atoms with Crippen molar-refractivity contribution in [3.8, 4) is 11.5 Å². The quantitative estimate of drug-likeness (QED) is 0.879. The van der Waals surface area contributed by atoms with Crippen molar-refractivity contribution in [3.05, 3.63) is 24.3 Å². The van der Waals surface area contributed by atoms with Gasteiger partial charge < -0.3 is 14.8 Å². The SMILES string of the molecule is COc1cccc(OCC2CCNC2)c1.Cl. The smallest absolute Gasteiger partial charge is 0.122 e. The van der Waals surface area contributed by atoms with Crippen molar-refractivity contribution in [2.75, 3.05) is 26.8 Å². The normalized spacial score (nSPS) is 18.9. The van der Waals surface area contributed by atoms with Crippen molar-refractivity contribution in [3.63, 3.8) is 0 Å². The van der Waals surface area contributed by atoms with Gasteiger partial charge in [0.25, 0.3) is 0 Å². The Morgan fingerprint density at radius 2 is 2.19 bits per heavy atom. The van der Waals surface area contributed by atoms with Crippen molar-refractivity contribution in [1.29, 1.82) is 0 Å². The summed E-state index contributed by atoms with van der Waals surface area (Å²) >= 11 is 0. The molecule has 1 heterocycles. The first-order valence-electron chi connectivity index (χ1n) is 5.36. The van der Waals surface area contributed by atoms with Crippen LogP contribution in [0.4, 0.5) is 0 Å².